The Bertz CT molecular complexity index is 384. The maximum absolute atomic E-state index is 13.5. The number of nitrogens with one attached hydrogen (secondary N) is 1. The van der Waals surface area contributed by atoms with E-state index in [0.717, 1.165) is 13.1 Å². The second kappa shape index (κ2) is 5.69. The van der Waals surface area contributed by atoms with E-state index in [1.807, 2.05) is 0 Å². The number of benzene rings is 1. The van der Waals surface area contributed by atoms with Gasteiger partial charge in [-0.05, 0) is 50.6 Å². The predicted molar refractivity (Wildman–Crippen MR) is 70.1 cm³/mol. The normalized spacial score (nSPS) is 21.5. The second-order valence-corrected chi connectivity index (χ2v) is 5.21. The van der Waals surface area contributed by atoms with Gasteiger partial charge in [-0.25, -0.2) is 4.39 Å². The Morgan fingerprint density at radius 1 is 1.53 bits per heavy atom. The number of rotatable bonds is 3. The molecule has 1 saturated heterocycles. The summed E-state index contributed by atoms with van der Waals surface area (Å²) < 4.78 is 13.5. The average Bonchev–Trinajstić information content (AvgIpc) is 2.30. The molecule has 1 aromatic rings. The zero-order chi connectivity index (χ0) is 12.3. The molecule has 1 unspecified atom stereocenters. The first-order valence-corrected chi connectivity index (χ1v) is 6.40. The van der Waals surface area contributed by atoms with Gasteiger partial charge in [0.05, 0.1) is 5.69 Å². The molecule has 0 saturated carbocycles. The van der Waals surface area contributed by atoms with Crippen molar-refractivity contribution in [3.05, 3.63) is 29.0 Å². The molecule has 1 atom stereocenters. The number of hydrogen-bond donors (Lipinski definition) is 1. The molecule has 2 rings (SSSR count). The predicted octanol–water partition coefficient (Wildman–Crippen LogP) is 3.23. The van der Waals surface area contributed by atoms with Crippen LogP contribution in [0, 0.1) is 11.7 Å². The van der Waals surface area contributed by atoms with E-state index in [1.165, 1.54) is 25.5 Å². The van der Waals surface area contributed by atoms with Gasteiger partial charge in [-0.15, -0.1) is 0 Å². The second-order valence-electron chi connectivity index (χ2n) is 4.78. The zero-order valence-electron chi connectivity index (χ0n) is 10.0. The Morgan fingerprint density at radius 3 is 3.12 bits per heavy atom. The lowest BCUT2D eigenvalue weighted by Gasteiger charge is -2.30. The number of likely N-dealkylation sites (tertiary alicyclic amines) is 1. The SMILES string of the molecule is CN1CCCC(CNc2cc(Cl)ccc2F)C1. The van der Waals surface area contributed by atoms with Crippen LogP contribution < -0.4 is 5.32 Å². The van der Waals surface area contributed by atoms with Gasteiger partial charge in [0.25, 0.3) is 0 Å². The molecule has 0 radical (unpaired) electrons. The third kappa shape index (κ3) is 3.58. The Labute approximate surface area is 107 Å². The fourth-order valence-corrected chi connectivity index (χ4v) is 2.50. The molecule has 1 fully saturated rings. The highest BCUT2D eigenvalue weighted by Crippen LogP contribution is 2.21. The van der Waals surface area contributed by atoms with Gasteiger partial charge in [-0.3, -0.25) is 0 Å². The molecule has 1 aromatic carbocycles. The summed E-state index contributed by atoms with van der Waals surface area (Å²) in [5.41, 5.74) is 0.505. The summed E-state index contributed by atoms with van der Waals surface area (Å²) in [6.45, 7) is 3.05. The summed E-state index contributed by atoms with van der Waals surface area (Å²) in [5.74, 6) is 0.352. The number of hydrogen-bond acceptors (Lipinski definition) is 2. The summed E-state index contributed by atoms with van der Waals surface area (Å²) in [4.78, 5) is 2.32. The van der Waals surface area contributed by atoms with Gasteiger partial charge < -0.3 is 10.2 Å². The molecule has 4 heteroatoms. The molecule has 0 spiro atoms. The van der Waals surface area contributed by atoms with Crippen molar-refractivity contribution < 1.29 is 4.39 Å². The maximum Gasteiger partial charge on any atom is 0.146 e. The minimum Gasteiger partial charge on any atom is -0.382 e. The Hall–Kier alpha value is -0.800. The average molecular weight is 257 g/mol. The minimum atomic E-state index is -0.237. The highest BCUT2D eigenvalue weighted by atomic mass is 35.5. The Balaban J connectivity index is 1.90. The summed E-state index contributed by atoms with van der Waals surface area (Å²) in [6.07, 6.45) is 2.43. The monoisotopic (exact) mass is 256 g/mol. The fraction of sp³-hybridized carbons (Fsp3) is 0.538. The van der Waals surface area contributed by atoms with E-state index >= 15 is 0 Å². The highest BCUT2D eigenvalue weighted by molar-refractivity contribution is 6.30. The van der Waals surface area contributed by atoms with Crippen molar-refractivity contribution in [1.82, 2.24) is 4.90 Å². The van der Waals surface area contributed by atoms with Gasteiger partial charge >= 0.3 is 0 Å². The van der Waals surface area contributed by atoms with Gasteiger partial charge in [-0.2, -0.15) is 0 Å². The summed E-state index contributed by atoms with van der Waals surface area (Å²) >= 11 is 5.85. The molecule has 17 heavy (non-hydrogen) atoms. The van der Waals surface area contributed by atoms with E-state index < -0.39 is 0 Å². The number of nitrogens with zero attached hydrogens (tertiary/aromatic N) is 1. The van der Waals surface area contributed by atoms with Crippen molar-refractivity contribution >= 4 is 17.3 Å². The largest absolute Gasteiger partial charge is 0.382 e. The van der Waals surface area contributed by atoms with Crippen molar-refractivity contribution in [2.45, 2.75) is 12.8 Å². The molecule has 0 aromatic heterocycles. The van der Waals surface area contributed by atoms with Crippen LogP contribution in [-0.4, -0.2) is 31.6 Å². The van der Waals surface area contributed by atoms with Gasteiger partial charge in [0.1, 0.15) is 5.82 Å². The lowest BCUT2D eigenvalue weighted by Crippen LogP contribution is -2.35. The topological polar surface area (TPSA) is 15.3 Å². The molecular weight excluding hydrogens is 239 g/mol. The summed E-state index contributed by atoms with van der Waals surface area (Å²) in [5, 5.41) is 3.72. The van der Waals surface area contributed by atoms with E-state index in [9.17, 15) is 4.39 Å². The van der Waals surface area contributed by atoms with E-state index in [-0.39, 0.29) is 5.82 Å². The lowest BCUT2D eigenvalue weighted by molar-refractivity contribution is 0.217. The fourth-order valence-electron chi connectivity index (χ4n) is 2.33. The standard InChI is InChI=1S/C13H18ClFN2/c1-17-6-2-3-10(9-17)8-16-13-7-11(14)4-5-12(13)15/h4-5,7,10,16H,2-3,6,8-9H2,1H3. The molecule has 1 aliphatic heterocycles. The van der Waals surface area contributed by atoms with Crippen LogP contribution in [0.2, 0.25) is 5.02 Å². The Kier molecular flexibility index (Phi) is 4.24. The number of anilines is 1. The van der Waals surface area contributed by atoms with Gasteiger partial charge in [0, 0.05) is 18.1 Å². The zero-order valence-corrected chi connectivity index (χ0v) is 10.8. The van der Waals surface area contributed by atoms with Crippen LogP contribution in [0.15, 0.2) is 18.2 Å². The molecular formula is C13H18ClFN2. The molecule has 1 heterocycles. The molecule has 1 aliphatic rings. The van der Waals surface area contributed by atoms with Crippen molar-refractivity contribution in [3.63, 3.8) is 0 Å². The molecule has 0 aliphatic carbocycles. The maximum atomic E-state index is 13.5. The highest BCUT2D eigenvalue weighted by Gasteiger charge is 2.17. The van der Waals surface area contributed by atoms with Crippen molar-refractivity contribution in [3.8, 4) is 0 Å². The van der Waals surface area contributed by atoms with Gasteiger partial charge in [0.15, 0.2) is 0 Å². The quantitative estimate of drug-likeness (QED) is 0.893. The lowest BCUT2D eigenvalue weighted by atomic mass is 9.98. The van der Waals surface area contributed by atoms with E-state index in [4.69, 9.17) is 11.6 Å². The smallest absolute Gasteiger partial charge is 0.146 e. The first-order valence-electron chi connectivity index (χ1n) is 6.02. The van der Waals surface area contributed by atoms with Crippen molar-refractivity contribution in [2.75, 3.05) is 32.0 Å². The van der Waals surface area contributed by atoms with Gasteiger partial charge in [0.2, 0.25) is 0 Å². The molecule has 0 bridgehead atoms. The Morgan fingerprint density at radius 2 is 2.35 bits per heavy atom. The number of piperidine rings is 1. The molecule has 1 N–H and O–H groups in total. The van der Waals surface area contributed by atoms with E-state index in [1.54, 1.807) is 12.1 Å². The third-order valence-electron chi connectivity index (χ3n) is 3.23. The first kappa shape index (κ1) is 12.7. The van der Waals surface area contributed by atoms with Crippen LogP contribution in [0.4, 0.5) is 10.1 Å². The van der Waals surface area contributed by atoms with Crippen LogP contribution >= 0.6 is 11.6 Å². The van der Waals surface area contributed by atoms with Crippen molar-refractivity contribution in [2.24, 2.45) is 5.92 Å². The minimum absolute atomic E-state index is 0.237. The van der Waals surface area contributed by atoms with Crippen LogP contribution in [0.3, 0.4) is 0 Å². The van der Waals surface area contributed by atoms with E-state index in [2.05, 4.69) is 17.3 Å². The molecule has 0 amide bonds. The van der Waals surface area contributed by atoms with Crippen molar-refractivity contribution in [1.29, 1.82) is 0 Å². The summed E-state index contributed by atoms with van der Waals surface area (Å²) in [7, 11) is 2.13. The van der Waals surface area contributed by atoms with Gasteiger partial charge in [-0.1, -0.05) is 11.6 Å². The van der Waals surface area contributed by atoms with Crippen LogP contribution in [0.1, 0.15) is 12.8 Å². The van der Waals surface area contributed by atoms with Crippen LogP contribution in [0.25, 0.3) is 0 Å². The van der Waals surface area contributed by atoms with Crippen LogP contribution in [-0.2, 0) is 0 Å². The number of halogens is 2. The summed E-state index contributed by atoms with van der Waals surface area (Å²) in [6, 6.07) is 4.61. The third-order valence-corrected chi connectivity index (χ3v) is 3.47. The molecule has 94 valence electrons. The first-order chi connectivity index (χ1) is 8.15. The molecule has 2 nitrogen and oxygen atoms in total. The van der Waals surface area contributed by atoms with E-state index in [0.29, 0.717) is 16.6 Å². The van der Waals surface area contributed by atoms with Crippen LogP contribution in [0.5, 0.6) is 0 Å².